The van der Waals surface area contributed by atoms with Gasteiger partial charge in [0.05, 0.1) is 19.3 Å². The highest BCUT2D eigenvalue weighted by molar-refractivity contribution is 5.77. The average Bonchev–Trinajstić information content (AvgIpc) is 2.85. The zero-order valence-corrected chi connectivity index (χ0v) is 10.5. The molecule has 1 aliphatic rings. The standard InChI is InChI=1S/C11H20N6O/c12-10-1-5-16(6-2-10)9-11(18)13-3-7-17-8-4-14-15-17/h4,8,10H,1-3,5-7,9,12H2,(H,13,18). The molecule has 0 saturated carbocycles. The van der Waals surface area contributed by atoms with Gasteiger partial charge in [-0.25, -0.2) is 0 Å². The lowest BCUT2D eigenvalue weighted by Crippen LogP contribution is -2.44. The van der Waals surface area contributed by atoms with Crippen molar-refractivity contribution in [3.63, 3.8) is 0 Å². The van der Waals surface area contributed by atoms with Gasteiger partial charge in [-0.3, -0.25) is 14.4 Å². The summed E-state index contributed by atoms with van der Waals surface area (Å²) < 4.78 is 1.69. The number of piperidine rings is 1. The van der Waals surface area contributed by atoms with E-state index in [0.29, 0.717) is 25.7 Å². The van der Waals surface area contributed by atoms with Gasteiger partial charge in [-0.15, -0.1) is 5.10 Å². The van der Waals surface area contributed by atoms with Crippen LogP contribution in [0, 0.1) is 0 Å². The molecule has 0 radical (unpaired) electrons. The van der Waals surface area contributed by atoms with E-state index in [-0.39, 0.29) is 5.91 Å². The number of nitrogens with one attached hydrogen (secondary N) is 1. The van der Waals surface area contributed by atoms with Gasteiger partial charge >= 0.3 is 0 Å². The molecule has 2 heterocycles. The van der Waals surface area contributed by atoms with Crippen LogP contribution in [0.3, 0.4) is 0 Å². The van der Waals surface area contributed by atoms with Crippen molar-refractivity contribution >= 4 is 5.91 Å². The van der Waals surface area contributed by atoms with Gasteiger partial charge in [0, 0.05) is 31.9 Å². The highest BCUT2D eigenvalue weighted by atomic mass is 16.2. The highest BCUT2D eigenvalue weighted by Gasteiger charge is 2.17. The molecule has 1 fully saturated rings. The largest absolute Gasteiger partial charge is 0.353 e. The smallest absolute Gasteiger partial charge is 0.234 e. The quantitative estimate of drug-likeness (QED) is 0.688. The second-order valence-corrected chi connectivity index (χ2v) is 4.63. The van der Waals surface area contributed by atoms with Crippen LogP contribution < -0.4 is 11.1 Å². The van der Waals surface area contributed by atoms with Crippen LogP contribution in [0.5, 0.6) is 0 Å². The molecular weight excluding hydrogens is 232 g/mol. The lowest BCUT2D eigenvalue weighted by atomic mass is 10.1. The normalized spacial score (nSPS) is 17.8. The predicted octanol–water partition coefficient (Wildman–Crippen LogP) is -1.18. The Balaban J connectivity index is 1.60. The third kappa shape index (κ3) is 4.08. The summed E-state index contributed by atoms with van der Waals surface area (Å²) >= 11 is 0. The molecule has 0 atom stereocenters. The van der Waals surface area contributed by atoms with Crippen molar-refractivity contribution in [1.29, 1.82) is 0 Å². The van der Waals surface area contributed by atoms with Crippen molar-refractivity contribution in [3.8, 4) is 0 Å². The topological polar surface area (TPSA) is 89.1 Å². The minimum atomic E-state index is 0.0607. The first-order chi connectivity index (χ1) is 8.74. The van der Waals surface area contributed by atoms with Gasteiger partial charge in [-0.2, -0.15) is 0 Å². The van der Waals surface area contributed by atoms with Crippen LogP contribution in [-0.4, -0.2) is 58.0 Å². The van der Waals surface area contributed by atoms with Crippen LogP contribution in [-0.2, 0) is 11.3 Å². The van der Waals surface area contributed by atoms with Gasteiger partial charge < -0.3 is 11.1 Å². The van der Waals surface area contributed by atoms with E-state index in [9.17, 15) is 4.79 Å². The van der Waals surface area contributed by atoms with Crippen molar-refractivity contribution in [1.82, 2.24) is 25.2 Å². The maximum absolute atomic E-state index is 11.7. The fourth-order valence-corrected chi connectivity index (χ4v) is 2.03. The van der Waals surface area contributed by atoms with E-state index in [2.05, 4.69) is 20.5 Å². The molecule has 1 aromatic rings. The lowest BCUT2D eigenvalue weighted by Gasteiger charge is -2.29. The zero-order valence-electron chi connectivity index (χ0n) is 10.5. The van der Waals surface area contributed by atoms with E-state index in [0.717, 1.165) is 25.9 Å². The molecule has 1 amide bonds. The molecule has 3 N–H and O–H groups in total. The van der Waals surface area contributed by atoms with E-state index in [1.54, 1.807) is 17.1 Å². The van der Waals surface area contributed by atoms with E-state index in [4.69, 9.17) is 5.73 Å². The molecule has 0 aliphatic carbocycles. The van der Waals surface area contributed by atoms with Crippen LogP contribution >= 0.6 is 0 Å². The summed E-state index contributed by atoms with van der Waals surface area (Å²) in [5.41, 5.74) is 5.82. The summed E-state index contributed by atoms with van der Waals surface area (Å²) in [4.78, 5) is 13.8. The molecule has 0 aromatic carbocycles. The summed E-state index contributed by atoms with van der Waals surface area (Å²) in [7, 11) is 0. The number of carbonyl (C=O) groups excluding carboxylic acids is 1. The second kappa shape index (κ2) is 6.46. The number of nitrogens with zero attached hydrogens (tertiary/aromatic N) is 4. The summed E-state index contributed by atoms with van der Waals surface area (Å²) in [6.45, 7) is 3.52. The Kier molecular flexibility index (Phi) is 4.66. The first kappa shape index (κ1) is 13.0. The molecule has 0 spiro atoms. The molecule has 7 heteroatoms. The van der Waals surface area contributed by atoms with E-state index < -0.39 is 0 Å². The van der Waals surface area contributed by atoms with Crippen molar-refractivity contribution in [2.24, 2.45) is 5.73 Å². The number of likely N-dealkylation sites (tertiary alicyclic amines) is 1. The Hall–Kier alpha value is -1.47. The SMILES string of the molecule is NC1CCN(CC(=O)NCCn2ccnn2)CC1. The van der Waals surface area contributed by atoms with Gasteiger partial charge in [-0.1, -0.05) is 5.21 Å². The Labute approximate surface area is 106 Å². The number of hydrogen-bond acceptors (Lipinski definition) is 5. The van der Waals surface area contributed by atoms with Crippen LogP contribution in [0.25, 0.3) is 0 Å². The predicted molar refractivity (Wildman–Crippen MR) is 66.7 cm³/mol. The summed E-state index contributed by atoms with van der Waals surface area (Å²) in [5, 5.41) is 10.4. The van der Waals surface area contributed by atoms with Crippen LogP contribution in [0.1, 0.15) is 12.8 Å². The van der Waals surface area contributed by atoms with Crippen molar-refractivity contribution < 1.29 is 4.79 Å². The monoisotopic (exact) mass is 252 g/mol. The zero-order chi connectivity index (χ0) is 12.8. The fraction of sp³-hybridized carbons (Fsp3) is 0.727. The van der Waals surface area contributed by atoms with Gasteiger partial charge in [0.2, 0.25) is 5.91 Å². The Morgan fingerprint density at radius 3 is 2.89 bits per heavy atom. The van der Waals surface area contributed by atoms with Crippen molar-refractivity contribution in [2.45, 2.75) is 25.4 Å². The number of amides is 1. The van der Waals surface area contributed by atoms with Crippen LogP contribution in [0.2, 0.25) is 0 Å². The third-order valence-electron chi connectivity index (χ3n) is 3.13. The van der Waals surface area contributed by atoms with Crippen LogP contribution in [0.15, 0.2) is 12.4 Å². The molecule has 1 aliphatic heterocycles. The molecule has 1 saturated heterocycles. The Morgan fingerprint density at radius 2 is 2.22 bits per heavy atom. The average molecular weight is 252 g/mol. The Bertz CT molecular complexity index is 358. The maximum Gasteiger partial charge on any atom is 0.234 e. The van der Waals surface area contributed by atoms with Gasteiger partial charge in [0.1, 0.15) is 0 Å². The number of carbonyl (C=O) groups is 1. The van der Waals surface area contributed by atoms with E-state index in [1.165, 1.54) is 0 Å². The fourth-order valence-electron chi connectivity index (χ4n) is 2.03. The van der Waals surface area contributed by atoms with Gasteiger partial charge in [0.15, 0.2) is 0 Å². The minimum Gasteiger partial charge on any atom is -0.353 e. The summed E-state index contributed by atoms with van der Waals surface area (Å²) in [6, 6.07) is 0.302. The number of nitrogens with two attached hydrogens (primary N) is 1. The first-order valence-corrected chi connectivity index (χ1v) is 6.33. The van der Waals surface area contributed by atoms with Gasteiger partial charge in [0.25, 0.3) is 0 Å². The Morgan fingerprint density at radius 1 is 1.44 bits per heavy atom. The summed E-state index contributed by atoms with van der Waals surface area (Å²) in [6.07, 6.45) is 5.36. The van der Waals surface area contributed by atoms with E-state index >= 15 is 0 Å². The molecule has 7 nitrogen and oxygen atoms in total. The molecule has 0 unspecified atom stereocenters. The highest BCUT2D eigenvalue weighted by Crippen LogP contribution is 2.06. The molecule has 2 rings (SSSR count). The second-order valence-electron chi connectivity index (χ2n) is 4.63. The van der Waals surface area contributed by atoms with Crippen LogP contribution in [0.4, 0.5) is 0 Å². The number of rotatable bonds is 5. The van der Waals surface area contributed by atoms with E-state index in [1.807, 2.05) is 0 Å². The lowest BCUT2D eigenvalue weighted by molar-refractivity contribution is -0.122. The number of aromatic nitrogens is 3. The first-order valence-electron chi connectivity index (χ1n) is 6.33. The molecule has 0 bridgehead atoms. The molecular formula is C11H20N6O. The minimum absolute atomic E-state index is 0.0607. The molecule has 1 aromatic heterocycles. The third-order valence-corrected chi connectivity index (χ3v) is 3.13. The maximum atomic E-state index is 11.7. The number of hydrogen-bond donors (Lipinski definition) is 2. The van der Waals surface area contributed by atoms with Crippen molar-refractivity contribution in [3.05, 3.63) is 12.4 Å². The molecule has 18 heavy (non-hydrogen) atoms. The summed E-state index contributed by atoms with van der Waals surface area (Å²) in [5.74, 6) is 0.0607. The molecule has 100 valence electrons. The van der Waals surface area contributed by atoms with Gasteiger partial charge in [-0.05, 0) is 12.8 Å². The van der Waals surface area contributed by atoms with Crippen molar-refractivity contribution in [2.75, 3.05) is 26.2 Å².